The highest BCUT2D eigenvalue weighted by Crippen LogP contribution is 2.14. The molecule has 0 saturated heterocycles. The van der Waals surface area contributed by atoms with Gasteiger partial charge in [0.1, 0.15) is 12.4 Å². The molecule has 0 unspecified atom stereocenters. The van der Waals surface area contributed by atoms with Crippen LogP contribution in [0.3, 0.4) is 0 Å². The number of anilines is 1. The summed E-state index contributed by atoms with van der Waals surface area (Å²) < 4.78 is 41.5. The minimum atomic E-state index is -3.70. The van der Waals surface area contributed by atoms with E-state index in [0.29, 0.717) is 6.54 Å². The zero-order chi connectivity index (χ0) is 15.2. The molecule has 0 heterocycles. The second-order valence-electron chi connectivity index (χ2n) is 4.50. The molecule has 1 rings (SSSR count). The molecule has 0 atom stereocenters. The lowest BCUT2D eigenvalue weighted by molar-refractivity contribution is 0.350. The van der Waals surface area contributed by atoms with Crippen molar-refractivity contribution in [3.05, 3.63) is 29.6 Å². The van der Waals surface area contributed by atoms with Gasteiger partial charge in [0.2, 0.25) is 0 Å². The molecule has 0 bridgehead atoms. The SMILES string of the molecule is CC(C)CNS(=O)(=O)Nc1ccc(F)c(C#CCO)c1. The molecular formula is C13H17FN2O3S. The maximum absolute atomic E-state index is 13.4. The summed E-state index contributed by atoms with van der Waals surface area (Å²) in [6, 6.07) is 3.68. The third-order valence-corrected chi connectivity index (χ3v) is 3.25. The first-order valence-corrected chi connectivity index (χ1v) is 7.49. The monoisotopic (exact) mass is 300 g/mol. The van der Waals surface area contributed by atoms with E-state index in [0.717, 1.165) is 6.07 Å². The van der Waals surface area contributed by atoms with Gasteiger partial charge in [0.15, 0.2) is 0 Å². The summed E-state index contributed by atoms with van der Waals surface area (Å²) in [5.41, 5.74) is 0.216. The standard InChI is InChI=1S/C13H17FN2O3S/c1-10(2)9-15-20(18,19)16-12-5-6-13(14)11(8-12)4-3-7-17/h5-6,8,10,15-17H,7,9H2,1-2H3. The number of halogens is 1. The van der Waals surface area contributed by atoms with E-state index in [9.17, 15) is 12.8 Å². The first kappa shape index (κ1) is 16.4. The number of aliphatic hydroxyl groups is 1. The largest absolute Gasteiger partial charge is 0.384 e. The van der Waals surface area contributed by atoms with Gasteiger partial charge < -0.3 is 5.11 Å². The highest BCUT2D eigenvalue weighted by atomic mass is 32.2. The number of aliphatic hydroxyl groups excluding tert-OH is 1. The topological polar surface area (TPSA) is 78.4 Å². The predicted octanol–water partition coefficient (Wildman–Crippen LogP) is 1.07. The molecule has 5 nitrogen and oxygen atoms in total. The van der Waals surface area contributed by atoms with Crippen molar-refractivity contribution in [1.29, 1.82) is 0 Å². The summed E-state index contributed by atoms with van der Waals surface area (Å²) >= 11 is 0. The maximum Gasteiger partial charge on any atom is 0.299 e. The van der Waals surface area contributed by atoms with Crippen molar-refractivity contribution in [2.75, 3.05) is 17.9 Å². The number of hydrogen-bond donors (Lipinski definition) is 3. The van der Waals surface area contributed by atoms with E-state index in [4.69, 9.17) is 5.11 Å². The van der Waals surface area contributed by atoms with Crippen molar-refractivity contribution in [2.24, 2.45) is 5.92 Å². The van der Waals surface area contributed by atoms with Crippen molar-refractivity contribution in [3.8, 4) is 11.8 Å². The third-order valence-electron chi connectivity index (χ3n) is 2.20. The average Bonchev–Trinajstić information content (AvgIpc) is 2.37. The van der Waals surface area contributed by atoms with Crippen LogP contribution in [0.5, 0.6) is 0 Å². The second-order valence-corrected chi connectivity index (χ2v) is 6.00. The first-order chi connectivity index (χ1) is 9.34. The number of benzene rings is 1. The Bertz CT molecular complexity index is 618. The molecule has 0 fully saturated rings. The molecule has 0 aliphatic heterocycles. The number of rotatable bonds is 5. The Labute approximate surface area is 118 Å². The Morgan fingerprint density at radius 2 is 2.10 bits per heavy atom. The van der Waals surface area contributed by atoms with Crippen molar-refractivity contribution < 1.29 is 17.9 Å². The fourth-order valence-corrected chi connectivity index (χ4v) is 2.35. The van der Waals surface area contributed by atoms with Crippen LogP contribution in [0.1, 0.15) is 19.4 Å². The van der Waals surface area contributed by atoms with E-state index < -0.39 is 22.6 Å². The molecule has 20 heavy (non-hydrogen) atoms. The van der Waals surface area contributed by atoms with Crippen LogP contribution in [0.25, 0.3) is 0 Å². The Morgan fingerprint density at radius 1 is 1.40 bits per heavy atom. The molecule has 0 aromatic heterocycles. The summed E-state index contributed by atoms with van der Waals surface area (Å²) in [6.45, 7) is 3.66. The highest BCUT2D eigenvalue weighted by Gasteiger charge is 2.11. The van der Waals surface area contributed by atoms with E-state index in [-0.39, 0.29) is 17.2 Å². The van der Waals surface area contributed by atoms with Gasteiger partial charge in [0.25, 0.3) is 10.2 Å². The van der Waals surface area contributed by atoms with Crippen LogP contribution in [-0.4, -0.2) is 26.7 Å². The fraction of sp³-hybridized carbons (Fsp3) is 0.385. The quantitative estimate of drug-likeness (QED) is 0.712. The lowest BCUT2D eigenvalue weighted by atomic mass is 10.2. The summed E-state index contributed by atoms with van der Waals surface area (Å²) in [5, 5.41) is 8.58. The zero-order valence-corrected chi connectivity index (χ0v) is 12.1. The second kappa shape index (κ2) is 7.24. The van der Waals surface area contributed by atoms with Crippen molar-refractivity contribution in [1.82, 2.24) is 4.72 Å². The molecule has 0 aliphatic carbocycles. The third kappa shape index (κ3) is 5.57. The lowest BCUT2D eigenvalue weighted by Crippen LogP contribution is -2.32. The van der Waals surface area contributed by atoms with Gasteiger partial charge in [-0.15, -0.1) is 0 Å². The minimum Gasteiger partial charge on any atom is -0.384 e. The molecule has 0 saturated carbocycles. The molecule has 1 aromatic rings. The van der Waals surface area contributed by atoms with E-state index >= 15 is 0 Å². The molecule has 110 valence electrons. The molecule has 0 radical (unpaired) electrons. The van der Waals surface area contributed by atoms with E-state index in [1.807, 2.05) is 13.8 Å². The van der Waals surface area contributed by atoms with Gasteiger partial charge in [-0.2, -0.15) is 13.1 Å². The van der Waals surface area contributed by atoms with Crippen molar-refractivity contribution >= 4 is 15.9 Å². The van der Waals surface area contributed by atoms with E-state index in [2.05, 4.69) is 21.3 Å². The van der Waals surface area contributed by atoms with Gasteiger partial charge >= 0.3 is 0 Å². The van der Waals surface area contributed by atoms with Crippen LogP contribution in [0.2, 0.25) is 0 Å². The number of hydrogen-bond acceptors (Lipinski definition) is 3. The average molecular weight is 300 g/mol. The summed E-state index contributed by atoms with van der Waals surface area (Å²) in [4.78, 5) is 0. The zero-order valence-electron chi connectivity index (χ0n) is 11.3. The smallest absolute Gasteiger partial charge is 0.299 e. The Kier molecular flexibility index (Phi) is 5.95. The maximum atomic E-state index is 13.4. The minimum absolute atomic E-state index is 0.0168. The van der Waals surface area contributed by atoms with Crippen LogP contribution >= 0.6 is 0 Å². The van der Waals surface area contributed by atoms with E-state index in [1.165, 1.54) is 12.1 Å². The van der Waals surface area contributed by atoms with Gasteiger partial charge in [0, 0.05) is 6.54 Å². The van der Waals surface area contributed by atoms with Gasteiger partial charge in [-0.25, -0.2) is 4.39 Å². The van der Waals surface area contributed by atoms with Gasteiger partial charge in [-0.1, -0.05) is 25.7 Å². The van der Waals surface area contributed by atoms with Crippen LogP contribution < -0.4 is 9.44 Å². The van der Waals surface area contributed by atoms with Gasteiger partial charge in [-0.05, 0) is 24.1 Å². The molecular weight excluding hydrogens is 283 g/mol. The summed E-state index contributed by atoms with van der Waals surface area (Å²) in [6.07, 6.45) is 0. The lowest BCUT2D eigenvalue weighted by Gasteiger charge is -2.11. The van der Waals surface area contributed by atoms with Gasteiger partial charge in [0.05, 0.1) is 11.3 Å². The van der Waals surface area contributed by atoms with Crippen LogP contribution in [-0.2, 0) is 10.2 Å². The summed E-state index contributed by atoms with van der Waals surface area (Å²) in [7, 11) is -3.70. The summed E-state index contributed by atoms with van der Waals surface area (Å²) in [5.74, 6) is 4.31. The first-order valence-electron chi connectivity index (χ1n) is 6.00. The van der Waals surface area contributed by atoms with Gasteiger partial charge in [-0.3, -0.25) is 4.72 Å². The van der Waals surface area contributed by atoms with Crippen LogP contribution in [0, 0.1) is 23.6 Å². The van der Waals surface area contributed by atoms with Crippen LogP contribution in [0.4, 0.5) is 10.1 Å². The Balaban J connectivity index is 2.88. The normalized spacial score (nSPS) is 11.1. The molecule has 0 amide bonds. The molecule has 7 heteroatoms. The van der Waals surface area contributed by atoms with Crippen molar-refractivity contribution in [3.63, 3.8) is 0 Å². The Hall–Kier alpha value is -1.62. The van der Waals surface area contributed by atoms with Crippen LogP contribution in [0.15, 0.2) is 18.2 Å². The Morgan fingerprint density at radius 3 is 2.70 bits per heavy atom. The number of nitrogens with one attached hydrogen (secondary N) is 2. The highest BCUT2D eigenvalue weighted by molar-refractivity contribution is 7.90. The van der Waals surface area contributed by atoms with Crippen molar-refractivity contribution in [2.45, 2.75) is 13.8 Å². The molecule has 3 N–H and O–H groups in total. The molecule has 1 aromatic carbocycles. The van der Waals surface area contributed by atoms with E-state index in [1.54, 1.807) is 0 Å². The molecule has 0 spiro atoms. The fourth-order valence-electron chi connectivity index (χ4n) is 1.29. The predicted molar refractivity (Wildman–Crippen MR) is 75.7 cm³/mol. The molecule has 0 aliphatic rings.